The van der Waals surface area contributed by atoms with Crippen LogP contribution in [0.2, 0.25) is 0 Å². The molecule has 3 N–H and O–H groups in total. The molecule has 0 aliphatic heterocycles. The van der Waals surface area contributed by atoms with Crippen LogP contribution >= 0.6 is 0 Å². The number of hydrogen-bond donors (Lipinski definition) is 2. The number of rotatable bonds is 3. The molecule has 0 unspecified atom stereocenters. The second-order valence-corrected chi connectivity index (χ2v) is 4.45. The average molecular weight is 275 g/mol. The molecule has 20 heavy (non-hydrogen) atoms. The number of nitrogens with one attached hydrogen (secondary N) is 1. The SMILES string of the molecule is C=C(/N=C(N)\C(F)=C/C)c1c[nH]c2c(F)cc(C)cc12. The number of aryl methyl sites for hydroxylation is 1. The smallest absolute Gasteiger partial charge is 0.160 e. The van der Waals surface area contributed by atoms with E-state index >= 15 is 0 Å². The zero-order valence-electron chi connectivity index (χ0n) is 11.3. The largest absolute Gasteiger partial charge is 0.381 e. The Labute approximate surface area is 115 Å². The number of hydrogen-bond acceptors (Lipinski definition) is 1. The molecular formula is C15H15F2N3. The van der Waals surface area contributed by atoms with Crippen LogP contribution in [0, 0.1) is 12.7 Å². The molecule has 0 radical (unpaired) electrons. The van der Waals surface area contributed by atoms with E-state index in [1.165, 1.54) is 19.1 Å². The van der Waals surface area contributed by atoms with Crippen molar-refractivity contribution in [3.05, 3.63) is 53.8 Å². The van der Waals surface area contributed by atoms with Gasteiger partial charge in [-0.1, -0.05) is 6.58 Å². The van der Waals surface area contributed by atoms with Gasteiger partial charge in [0.2, 0.25) is 0 Å². The summed E-state index contributed by atoms with van der Waals surface area (Å²) in [6.45, 7) is 7.07. The van der Waals surface area contributed by atoms with Gasteiger partial charge >= 0.3 is 0 Å². The lowest BCUT2D eigenvalue weighted by Crippen LogP contribution is -2.12. The van der Waals surface area contributed by atoms with Gasteiger partial charge < -0.3 is 10.7 Å². The number of H-pyrrole nitrogens is 1. The molecule has 2 aromatic rings. The molecule has 2 rings (SSSR count). The number of aromatic nitrogens is 1. The number of benzene rings is 1. The lowest BCUT2D eigenvalue weighted by atomic mass is 10.1. The maximum atomic E-state index is 13.8. The van der Waals surface area contributed by atoms with Gasteiger partial charge in [0.25, 0.3) is 0 Å². The van der Waals surface area contributed by atoms with E-state index in [9.17, 15) is 8.78 Å². The third-order valence-electron chi connectivity index (χ3n) is 2.95. The highest BCUT2D eigenvalue weighted by Gasteiger charge is 2.11. The first kappa shape index (κ1) is 14.0. The number of nitrogens with zero attached hydrogens (tertiary/aromatic N) is 1. The number of halogens is 2. The molecule has 1 aromatic heterocycles. The van der Waals surface area contributed by atoms with Crippen LogP contribution in [-0.2, 0) is 0 Å². The lowest BCUT2D eigenvalue weighted by molar-refractivity contribution is 0.636. The summed E-state index contributed by atoms with van der Waals surface area (Å²) in [7, 11) is 0. The minimum atomic E-state index is -0.617. The maximum Gasteiger partial charge on any atom is 0.160 e. The summed E-state index contributed by atoms with van der Waals surface area (Å²) in [5.41, 5.74) is 7.51. The highest BCUT2D eigenvalue weighted by atomic mass is 19.1. The molecule has 0 fully saturated rings. The van der Waals surface area contributed by atoms with Gasteiger partial charge in [0.05, 0.1) is 11.2 Å². The van der Waals surface area contributed by atoms with Crippen molar-refractivity contribution in [1.29, 1.82) is 0 Å². The lowest BCUT2D eigenvalue weighted by Gasteiger charge is -2.02. The van der Waals surface area contributed by atoms with Crippen molar-refractivity contribution in [3.63, 3.8) is 0 Å². The van der Waals surface area contributed by atoms with E-state index < -0.39 is 5.83 Å². The molecule has 0 bridgehead atoms. The number of aliphatic imine (C=N–C) groups is 1. The van der Waals surface area contributed by atoms with Crippen LogP contribution in [0.4, 0.5) is 8.78 Å². The molecule has 0 atom stereocenters. The summed E-state index contributed by atoms with van der Waals surface area (Å²) in [6, 6.07) is 3.25. The summed E-state index contributed by atoms with van der Waals surface area (Å²) in [6.07, 6.45) is 2.80. The summed E-state index contributed by atoms with van der Waals surface area (Å²) < 4.78 is 27.0. The highest BCUT2D eigenvalue weighted by Crippen LogP contribution is 2.28. The molecular weight excluding hydrogens is 260 g/mol. The van der Waals surface area contributed by atoms with E-state index in [1.54, 1.807) is 13.1 Å². The van der Waals surface area contributed by atoms with Crippen molar-refractivity contribution in [2.45, 2.75) is 13.8 Å². The Hall–Kier alpha value is -2.43. The second kappa shape index (κ2) is 5.28. The quantitative estimate of drug-likeness (QED) is 0.649. The molecule has 104 valence electrons. The molecule has 0 aliphatic carbocycles. The fourth-order valence-corrected chi connectivity index (χ4v) is 1.97. The minimum absolute atomic E-state index is 0.250. The zero-order valence-corrected chi connectivity index (χ0v) is 11.3. The van der Waals surface area contributed by atoms with Crippen molar-refractivity contribution >= 4 is 22.4 Å². The first-order chi connectivity index (χ1) is 9.43. The fourth-order valence-electron chi connectivity index (χ4n) is 1.97. The van der Waals surface area contributed by atoms with Gasteiger partial charge in [-0.05, 0) is 37.6 Å². The van der Waals surface area contributed by atoms with Gasteiger partial charge in [-0.25, -0.2) is 13.8 Å². The van der Waals surface area contributed by atoms with E-state index in [4.69, 9.17) is 5.73 Å². The normalized spacial score (nSPS) is 13.0. The maximum absolute atomic E-state index is 13.8. The Morgan fingerprint density at radius 1 is 1.45 bits per heavy atom. The Kier molecular flexibility index (Phi) is 3.70. The number of allylic oxidation sites excluding steroid dienone is 1. The number of aromatic amines is 1. The van der Waals surface area contributed by atoms with Gasteiger partial charge in [-0.2, -0.15) is 0 Å². The van der Waals surface area contributed by atoms with Gasteiger partial charge in [-0.15, -0.1) is 0 Å². The molecule has 1 heterocycles. The molecule has 0 aliphatic rings. The summed E-state index contributed by atoms with van der Waals surface area (Å²) in [4.78, 5) is 6.74. The second-order valence-electron chi connectivity index (χ2n) is 4.45. The Balaban J connectivity index is 2.51. The topological polar surface area (TPSA) is 54.2 Å². The van der Waals surface area contributed by atoms with Crippen LogP contribution in [-0.4, -0.2) is 10.8 Å². The Morgan fingerprint density at radius 2 is 2.15 bits per heavy atom. The standard InChI is InChI=1S/C15H15F2N3/c1-4-12(16)15(18)20-9(3)11-7-19-14-10(11)5-8(2)6-13(14)17/h4-7,19H,3H2,1-2H3,(H2,18,20)/b12-4+. The first-order valence-corrected chi connectivity index (χ1v) is 6.07. The van der Waals surface area contributed by atoms with Crippen LogP contribution < -0.4 is 5.73 Å². The van der Waals surface area contributed by atoms with Crippen LogP contribution in [0.1, 0.15) is 18.1 Å². The van der Waals surface area contributed by atoms with Crippen LogP contribution in [0.5, 0.6) is 0 Å². The van der Waals surface area contributed by atoms with Crippen LogP contribution in [0.3, 0.4) is 0 Å². The summed E-state index contributed by atoms with van der Waals surface area (Å²) in [5, 5.41) is 0.643. The number of amidine groups is 1. The number of fused-ring (bicyclic) bond motifs is 1. The Bertz CT molecular complexity index is 739. The molecule has 5 heteroatoms. The Morgan fingerprint density at radius 3 is 2.80 bits per heavy atom. The van der Waals surface area contributed by atoms with Crippen molar-refractivity contribution in [2.75, 3.05) is 0 Å². The molecule has 3 nitrogen and oxygen atoms in total. The van der Waals surface area contributed by atoms with Gasteiger partial charge in [0.15, 0.2) is 11.7 Å². The van der Waals surface area contributed by atoms with E-state index in [2.05, 4.69) is 16.6 Å². The van der Waals surface area contributed by atoms with Crippen molar-refractivity contribution in [1.82, 2.24) is 4.98 Å². The molecule has 1 aromatic carbocycles. The monoisotopic (exact) mass is 275 g/mol. The van der Waals surface area contributed by atoms with E-state index in [0.29, 0.717) is 16.5 Å². The van der Waals surface area contributed by atoms with Gasteiger partial charge in [0, 0.05) is 17.1 Å². The first-order valence-electron chi connectivity index (χ1n) is 6.07. The summed E-state index contributed by atoms with van der Waals surface area (Å²) >= 11 is 0. The molecule has 0 saturated carbocycles. The predicted octanol–water partition coefficient (Wildman–Crippen LogP) is 3.82. The van der Waals surface area contributed by atoms with Gasteiger partial charge in [0.1, 0.15) is 5.82 Å². The minimum Gasteiger partial charge on any atom is -0.381 e. The van der Waals surface area contributed by atoms with Crippen molar-refractivity contribution < 1.29 is 8.78 Å². The van der Waals surface area contributed by atoms with Gasteiger partial charge in [-0.3, -0.25) is 0 Å². The van der Waals surface area contributed by atoms with E-state index in [-0.39, 0.29) is 17.3 Å². The third-order valence-corrected chi connectivity index (χ3v) is 2.95. The molecule has 0 amide bonds. The average Bonchev–Trinajstić information content (AvgIpc) is 2.81. The fraction of sp³-hybridized carbons (Fsp3) is 0.133. The van der Waals surface area contributed by atoms with Crippen molar-refractivity contribution in [3.8, 4) is 0 Å². The van der Waals surface area contributed by atoms with Crippen LogP contribution in [0.25, 0.3) is 16.6 Å². The molecule has 0 spiro atoms. The predicted molar refractivity (Wildman–Crippen MR) is 78.5 cm³/mol. The third kappa shape index (κ3) is 2.47. The highest BCUT2D eigenvalue weighted by molar-refractivity contribution is 6.00. The molecule has 0 saturated heterocycles. The zero-order chi connectivity index (χ0) is 14.9. The number of nitrogens with two attached hydrogens (primary N) is 1. The van der Waals surface area contributed by atoms with E-state index in [0.717, 1.165) is 5.56 Å². The van der Waals surface area contributed by atoms with E-state index in [1.807, 2.05) is 6.07 Å². The van der Waals surface area contributed by atoms with Crippen molar-refractivity contribution in [2.24, 2.45) is 10.7 Å². The summed E-state index contributed by atoms with van der Waals surface area (Å²) in [5.74, 6) is -1.22. The van der Waals surface area contributed by atoms with Crippen LogP contribution in [0.15, 0.2) is 41.8 Å².